The molecule has 33 heavy (non-hydrogen) atoms. The quantitative estimate of drug-likeness (QED) is 0.245. The van der Waals surface area contributed by atoms with Gasteiger partial charge in [0.15, 0.2) is 11.5 Å². The molecule has 0 fully saturated rings. The summed E-state index contributed by atoms with van der Waals surface area (Å²) in [5, 5.41) is 12.2. The van der Waals surface area contributed by atoms with E-state index in [1.165, 1.54) is 26.4 Å². The lowest BCUT2D eigenvalue weighted by molar-refractivity contribution is -0.112. The van der Waals surface area contributed by atoms with Crippen LogP contribution in [0.4, 0.5) is 5.69 Å². The first-order valence-electron chi connectivity index (χ1n) is 9.98. The van der Waals surface area contributed by atoms with Crippen molar-refractivity contribution in [3.05, 3.63) is 89.0 Å². The van der Waals surface area contributed by atoms with Crippen molar-refractivity contribution < 1.29 is 23.8 Å². The first-order valence-corrected chi connectivity index (χ1v) is 9.98. The molecule has 0 aliphatic carbocycles. The molecule has 0 aromatic heterocycles. The number of nitrogens with one attached hydrogen (secondary N) is 1. The van der Waals surface area contributed by atoms with Crippen LogP contribution in [0.5, 0.6) is 17.2 Å². The number of nitrogens with zero attached hydrogens (tertiary/aromatic N) is 1. The summed E-state index contributed by atoms with van der Waals surface area (Å²) >= 11 is 0. The summed E-state index contributed by atoms with van der Waals surface area (Å²) in [5.74, 6) is -0.0286. The Bertz CT molecular complexity index is 1240. The number of nitriles is 1. The minimum atomic E-state index is -0.588. The Kier molecular flexibility index (Phi) is 7.45. The predicted octanol–water partition coefficient (Wildman–Crippen LogP) is 4.78. The number of methoxy groups -OCH3 is 2. The van der Waals surface area contributed by atoms with Gasteiger partial charge < -0.3 is 19.5 Å². The lowest BCUT2D eigenvalue weighted by atomic mass is 10.1. The third kappa shape index (κ3) is 5.77. The van der Waals surface area contributed by atoms with Crippen molar-refractivity contribution in [1.29, 1.82) is 5.26 Å². The summed E-state index contributed by atoms with van der Waals surface area (Å²) in [4.78, 5) is 25.2. The van der Waals surface area contributed by atoms with Crippen LogP contribution in [0.2, 0.25) is 0 Å². The van der Waals surface area contributed by atoms with Crippen LogP contribution < -0.4 is 19.5 Å². The van der Waals surface area contributed by atoms with E-state index in [4.69, 9.17) is 14.2 Å². The Hall–Kier alpha value is -4.57. The summed E-state index contributed by atoms with van der Waals surface area (Å²) in [7, 11) is 2.99. The number of carbonyl (C=O) groups is 2. The van der Waals surface area contributed by atoms with Crippen LogP contribution in [0.15, 0.2) is 72.3 Å². The van der Waals surface area contributed by atoms with Crippen LogP contribution >= 0.6 is 0 Å². The number of hydrogen-bond donors (Lipinski definition) is 1. The van der Waals surface area contributed by atoms with E-state index >= 15 is 0 Å². The Morgan fingerprint density at radius 1 is 0.939 bits per heavy atom. The topological polar surface area (TPSA) is 97.7 Å². The van der Waals surface area contributed by atoms with Gasteiger partial charge in [0.25, 0.3) is 5.91 Å². The van der Waals surface area contributed by atoms with Gasteiger partial charge in [-0.1, -0.05) is 24.3 Å². The molecule has 1 amide bonds. The van der Waals surface area contributed by atoms with Crippen LogP contribution in [0.1, 0.15) is 21.5 Å². The van der Waals surface area contributed by atoms with Gasteiger partial charge in [0.1, 0.15) is 17.4 Å². The maximum Gasteiger partial charge on any atom is 0.343 e. The zero-order valence-corrected chi connectivity index (χ0v) is 18.4. The summed E-state index contributed by atoms with van der Waals surface area (Å²) in [6, 6.07) is 20.4. The zero-order valence-electron chi connectivity index (χ0n) is 18.4. The average Bonchev–Trinajstić information content (AvgIpc) is 2.84. The van der Waals surface area contributed by atoms with E-state index in [-0.39, 0.29) is 11.3 Å². The van der Waals surface area contributed by atoms with E-state index in [2.05, 4.69) is 5.32 Å². The first kappa shape index (κ1) is 23.1. The fourth-order valence-electron chi connectivity index (χ4n) is 2.97. The third-order valence-corrected chi connectivity index (χ3v) is 4.79. The zero-order chi connectivity index (χ0) is 23.8. The van der Waals surface area contributed by atoms with Crippen LogP contribution in [0, 0.1) is 18.3 Å². The molecule has 0 aliphatic rings. The predicted molar refractivity (Wildman–Crippen MR) is 124 cm³/mol. The highest BCUT2D eigenvalue weighted by molar-refractivity contribution is 6.10. The van der Waals surface area contributed by atoms with Gasteiger partial charge in [0.05, 0.1) is 19.8 Å². The maximum atomic E-state index is 12.6. The molecule has 3 aromatic carbocycles. The van der Waals surface area contributed by atoms with Gasteiger partial charge in [-0.25, -0.2) is 4.79 Å². The highest BCUT2D eigenvalue weighted by Gasteiger charge is 2.15. The molecule has 0 heterocycles. The molecule has 0 spiro atoms. The Labute approximate surface area is 191 Å². The monoisotopic (exact) mass is 442 g/mol. The van der Waals surface area contributed by atoms with Crippen molar-refractivity contribution in [3.8, 4) is 23.3 Å². The SMILES string of the molecule is COc1ccc(C(=O)Oc2cc(C=C(C#N)C(=O)Nc3ccccc3C)ccc2OC)cc1. The molecule has 3 rings (SSSR count). The van der Waals surface area contributed by atoms with E-state index in [1.807, 2.05) is 25.1 Å². The molecule has 0 atom stereocenters. The largest absolute Gasteiger partial charge is 0.497 e. The summed E-state index contributed by atoms with van der Waals surface area (Å²) < 4.78 is 15.9. The van der Waals surface area contributed by atoms with Crippen molar-refractivity contribution in [2.75, 3.05) is 19.5 Å². The van der Waals surface area contributed by atoms with Crippen LogP contribution in [0.3, 0.4) is 0 Å². The number of anilines is 1. The van der Waals surface area contributed by atoms with Gasteiger partial charge in [-0.3, -0.25) is 4.79 Å². The molecule has 0 unspecified atom stereocenters. The molecule has 166 valence electrons. The Balaban J connectivity index is 1.84. The summed E-state index contributed by atoms with van der Waals surface area (Å²) in [5.41, 5.74) is 2.21. The Morgan fingerprint density at radius 3 is 2.30 bits per heavy atom. The highest BCUT2D eigenvalue weighted by atomic mass is 16.6. The molecule has 0 bridgehead atoms. The van der Waals surface area contributed by atoms with E-state index in [0.717, 1.165) is 5.56 Å². The summed E-state index contributed by atoms with van der Waals surface area (Å²) in [6.07, 6.45) is 1.41. The molecule has 0 radical (unpaired) electrons. The molecule has 1 N–H and O–H groups in total. The van der Waals surface area contributed by atoms with E-state index < -0.39 is 11.9 Å². The first-order chi connectivity index (χ1) is 15.9. The number of rotatable bonds is 7. The number of benzene rings is 3. The maximum absolute atomic E-state index is 12.6. The molecular formula is C26H22N2O5. The van der Waals surface area contributed by atoms with Crippen molar-refractivity contribution in [3.63, 3.8) is 0 Å². The Morgan fingerprint density at radius 2 is 1.67 bits per heavy atom. The number of aryl methyl sites for hydroxylation is 1. The van der Waals surface area contributed by atoms with Crippen molar-refractivity contribution in [2.45, 2.75) is 6.92 Å². The fraction of sp³-hybridized carbons (Fsp3) is 0.115. The highest BCUT2D eigenvalue weighted by Crippen LogP contribution is 2.30. The van der Waals surface area contributed by atoms with Gasteiger partial charge in [-0.05, 0) is 66.6 Å². The number of ether oxygens (including phenoxy) is 3. The van der Waals surface area contributed by atoms with Gasteiger partial charge in [0, 0.05) is 5.69 Å². The average molecular weight is 442 g/mol. The van der Waals surface area contributed by atoms with E-state index in [1.54, 1.807) is 48.5 Å². The van der Waals surface area contributed by atoms with Crippen LogP contribution in [-0.4, -0.2) is 26.1 Å². The smallest absolute Gasteiger partial charge is 0.343 e. The number of carbonyl (C=O) groups excluding carboxylic acids is 2. The second kappa shape index (κ2) is 10.6. The van der Waals surface area contributed by atoms with Crippen LogP contribution in [0.25, 0.3) is 6.08 Å². The molecule has 7 heteroatoms. The van der Waals surface area contributed by atoms with Crippen molar-refractivity contribution in [1.82, 2.24) is 0 Å². The van der Waals surface area contributed by atoms with Gasteiger partial charge >= 0.3 is 5.97 Å². The second-order valence-electron chi connectivity index (χ2n) is 6.97. The van der Waals surface area contributed by atoms with E-state index in [9.17, 15) is 14.9 Å². The number of amides is 1. The second-order valence-corrected chi connectivity index (χ2v) is 6.97. The molecule has 3 aromatic rings. The number of hydrogen-bond acceptors (Lipinski definition) is 6. The molecular weight excluding hydrogens is 420 g/mol. The normalized spacial score (nSPS) is 10.7. The lowest BCUT2D eigenvalue weighted by Gasteiger charge is -2.11. The van der Waals surface area contributed by atoms with Crippen molar-refractivity contribution in [2.24, 2.45) is 0 Å². The van der Waals surface area contributed by atoms with E-state index in [0.29, 0.717) is 28.3 Å². The van der Waals surface area contributed by atoms with Gasteiger partial charge in [-0.2, -0.15) is 5.26 Å². The molecule has 0 saturated carbocycles. The molecule has 0 saturated heterocycles. The van der Waals surface area contributed by atoms with Gasteiger partial charge in [-0.15, -0.1) is 0 Å². The minimum Gasteiger partial charge on any atom is -0.497 e. The van der Waals surface area contributed by atoms with Crippen LogP contribution in [-0.2, 0) is 4.79 Å². The molecule has 0 aliphatic heterocycles. The number of esters is 1. The standard InChI is InChI=1S/C26H22N2O5/c1-17-6-4-5-7-22(17)28-25(29)20(16-27)14-18-8-13-23(32-3)24(15-18)33-26(30)19-9-11-21(31-2)12-10-19/h4-15H,1-3H3,(H,28,29). The lowest BCUT2D eigenvalue weighted by Crippen LogP contribution is -2.14. The van der Waals surface area contributed by atoms with Gasteiger partial charge in [0.2, 0.25) is 0 Å². The summed E-state index contributed by atoms with van der Waals surface area (Å²) in [6.45, 7) is 1.86. The minimum absolute atomic E-state index is 0.101. The van der Waals surface area contributed by atoms with Crippen molar-refractivity contribution >= 4 is 23.6 Å². The number of para-hydroxylation sites is 1. The fourth-order valence-corrected chi connectivity index (χ4v) is 2.97. The molecule has 7 nitrogen and oxygen atoms in total. The third-order valence-electron chi connectivity index (χ3n) is 4.79.